The van der Waals surface area contributed by atoms with E-state index in [1.807, 2.05) is 0 Å². The maximum Gasteiger partial charge on any atom is 0.310 e. The third kappa shape index (κ3) is 4.39. The topological polar surface area (TPSA) is 46.6 Å². The maximum atomic E-state index is 12.9. The molecule has 0 N–H and O–H groups in total. The van der Waals surface area contributed by atoms with Crippen molar-refractivity contribution >= 4 is 35.1 Å². The average molecular weight is 358 g/mol. The Morgan fingerprint density at radius 3 is 2.48 bits per heavy atom. The molecule has 6 heteroatoms. The number of nitrogens with zero attached hydrogens (tertiary/aromatic N) is 1. The Bertz CT molecular complexity index is 585. The minimum Gasteiger partial charge on any atom is -0.469 e. The monoisotopic (exact) mass is 357 g/mol. The first-order chi connectivity index (χ1) is 10.9. The molecule has 4 nitrogen and oxygen atoms in total. The van der Waals surface area contributed by atoms with Gasteiger partial charge in [0, 0.05) is 18.2 Å². The number of carbonyl (C=O) groups excluding carboxylic acids is 2. The van der Waals surface area contributed by atoms with Crippen molar-refractivity contribution in [2.45, 2.75) is 38.6 Å². The zero-order valence-electron chi connectivity index (χ0n) is 13.4. The second kappa shape index (κ2) is 8.02. The maximum absolute atomic E-state index is 12.9. The van der Waals surface area contributed by atoms with Gasteiger partial charge in [0.15, 0.2) is 0 Å². The van der Waals surface area contributed by atoms with E-state index in [9.17, 15) is 9.59 Å². The Kier molecular flexibility index (Phi) is 6.31. The smallest absolute Gasteiger partial charge is 0.310 e. The Balaban J connectivity index is 2.23. The van der Waals surface area contributed by atoms with E-state index in [1.54, 1.807) is 30.0 Å². The molecule has 0 saturated heterocycles. The van der Waals surface area contributed by atoms with Gasteiger partial charge < -0.3 is 9.64 Å². The van der Waals surface area contributed by atoms with E-state index in [2.05, 4.69) is 0 Å². The van der Waals surface area contributed by atoms with Gasteiger partial charge in [0.25, 0.3) is 5.91 Å². The number of esters is 1. The molecule has 1 aliphatic rings. The lowest BCUT2D eigenvalue weighted by Crippen LogP contribution is -2.43. The quantitative estimate of drug-likeness (QED) is 0.742. The number of halogens is 2. The number of carbonyl (C=O) groups is 2. The fourth-order valence-corrected chi connectivity index (χ4v) is 3.28. The number of rotatable bonds is 5. The van der Waals surface area contributed by atoms with Crippen molar-refractivity contribution in [1.82, 2.24) is 4.90 Å². The van der Waals surface area contributed by atoms with Gasteiger partial charge in [0.05, 0.1) is 23.1 Å². The Labute approximate surface area is 146 Å². The highest BCUT2D eigenvalue weighted by Gasteiger charge is 2.30. The van der Waals surface area contributed by atoms with E-state index < -0.39 is 0 Å². The standard InChI is InChI=1S/C17H21Cl2NO3/c1-11(17(22)23-2)10-20(13-5-3-4-6-13)16(21)12-7-8-14(18)15(19)9-12/h7-9,11,13H,3-6,10H2,1-2H3. The van der Waals surface area contributed by atoms with E-state index >= 15 is 0 Å². The molecule has 0 spiro atoms. The van der Waals surface area contributed by atoms with Gasteiger partial charge in [-0.2, -0.15) is 0 Å². The second-order valence-corrected chi connectivity index (χ2v) is 6.76. The molecular formula is C17H21Cl2NO3. The van der Waals surface area contributed by atoms with Crippen LogP contribution in [-0.4, -0.2) is 36.5 Å². The molecule has 23 heavy (non-hydrogen) atoms. The average Bonchev–Trinajstić information content (AvgIpc) is 3.07. The third-order valence-corrected chi connectivity index (χ3v) is 5.01. The summed E-state index contributed by atoms with van der Waals surface area (Å²) in [4.78, 5) is 26.4. The molecule has 2 rings (SSSR count). The highest BCUT2D eigenvalue weighted by Crippen LogP contribution is 2.28. The van der Waals surface area contributed by atoms with E-state index in [0.29, 0.717) is 22.2 Å². The van der Waals surface area contributed by atoms with Crippen molar-refractivity contribution in [2.24, 2.45) is 5.92 Å². The van der Waals surface area contributed by atoms with Crippen molar-refractivity contribution in [3.05, 3.63) is 33.8 Å². The zero-order valence-corrected chi connectivity index (χ0v) is 14.9. The number of methoxy groups -OCH3 is 1. The Morgan fingerprint density at radius 2 is 1.91 bits per heavy atom. The molecule has 1 saturated carbocycles. The number of benzene rings is 1. The first-order valence-electron chi connectivity index (χ1n) is 7.78. The lowest BCUT2D eigenvalue weighted by atomic mass is 10.1. The highest BCUT2D eigenvalue weighted by molar-refractivity contribution is 6.42. The van der Waals surface area contributed by atoms with Gasteiger partial charge in [0.1, 0.15) is 0 Å². The summed E-state index contributed by atoms with van der Waals surface area (Å²) < 4.78 is 4.78. The first-order valence-corrected chi connectivity index (χ1v) is 8.53. The summed E-state index contributed by atoms with van der Waals surface area (Å²) in [6, 6.07) is 5.02. The lowest BCUT2D eigenvalue weighted by molar-refractivity contribution is -0.145. The van der Waals surface area contributed by atoms with Crippen LogP contribution in [0.1, 0.15) is 43.0 Å². The number of hydrogen-bond donors (Lipinski definition) is 0. The summed E-state index contributed by atoms with van der Waals surface area (Å²) in [5.74, 6) is -0.798. The van der Waals surface area contributed by atoms with Crippen molar-refractivity contribution < 1.29 is 14.3 Å². The van der Waals surface area contributed by atoms with Crippen molar-refractivity contribution in [2.75, 3.05) is 13.7 Å². The van der Waals surface area contributed by atoms with Gasteiger partial charge >= 0.3 is 5.97 Å². The van der Waals surface area contributed by atoms with Crippen LogP contribution in [-0.2, 0) is 9.53 Å². The highest BCUT2D eigenvalue weighted by atomic mass is 35.5. The summed E-state index contributed by atoms with van der Waals surface area (Å²) in [5.41, 5.74) is 0.489. The van der Waals surface area contributed by atoms with Crippen molar-refractivity contribution in [1.29, 1.82) is 0 Å². The van der Waals surface area contributed by atoms with Crippen LogP contribution in [0.15, 0.2) is 18.2 Å². The largest absolute Gasteiger partial charge is 0.469 e. The number of hydrogen-bond acceptors (Lipinski definition) is 3. The Morgan fingerprint density at radius 1 is 1.26 bits per heavy atom. The van der Waals surface area contributed by atoms with E-state index in [1.165, 1.54) is 7.11 Å². The Hall–Kier alpha value is -1.26. The minimum absolute atomic E-state index is 0.119. The lowest BCUT2D eigenvalue weighted by Gasteiger charge is -2.31. The van der Waals surface area contributed by atoms with Crippen LogP contribution in [0.4, 0.5) is 0 Å². The van der Waals surface area contributed by atoms with Crippen LogP contribution >= 0.6 is 23.2 Å². The van der Waals surface area contributed by atoms with Gasteiger partial charge in [-0.15, -0.1) is 0 Å². The molecule has 1 aromatic carbocycles. The van der Waals surface area contributed by atoms with Gasteiger partial charge in [-0.3, -0.25) is 9.59 Å². The van der Waals surface area contributed by atoms with Crippen LogP contribution in [0.2, 0.25) is 10.0 Å². The molecule has 0 radical (unpaired) electrons. The third-order valence-electron chi connectivity index (χ3n) is 4.27. The molecule has 0 bridgehead atoms. The van der Waals surface area contributed by atoms with Crippen LogP contribution in [0.25, 0.3) is 0 Å². The van der Waals surface area contributed by atoms with E-state index in [4.69, 9.17) is 27.9 Å². The summed E-state index contributed by atoms with van der Waals surface area (Å²) in [5, 5.41) is 0.767. The number of ether oxygens (including phenoxy) is 1. The summed E-state index contributed by atoms with van der Waals surface area (Å²) in [6.07, 6.45) is 4.12. The fraction of sp³-hybridized carbons (Fsp3) is 0.529. The summed E-state index contributed by atoms with van der Waals surface area (Å²) in [6.45, 7) is 2.12. The first kappa shape index (κ1) is 18.1. The zero-order chi connectivity index (χ0) is 17.0. The predicted octanol–water partition coefficient (Wildman–Crippen LogP) is 4.19. The van der Waals surface area contributed by atoms with Gasteiger partial charge in [-0.1, -0.05) is 43.0 Å². The SMILES string of the molecule is COC(=O)C(C)CN(C(=O)c1ccc(Cl)c(Cl)c1)C1CCCC1. The molecule has 0 aromatic heterocycles. The second-order valence-electron chi connectivity index (χ2n) is 5.95. The molecule has 1 unspecified atom stereocenters. The molecule has 1 atom stereocenters. The van der Waals surface area contributed by atoms with Crippen LogP contribution in [0, 0.1) is 5.92 Å². The molecular weight excluding hydrogens is 337 g/mol. The summed E-state index contributed by atoms with van der Waals surface area (Å²) >= 11 is 11.9. The van der Waals surface area contributed by atoms with Gasteiger partial charge in [-0.25, -0.2) is 0 Å². The molecule has 1 fully saturated rings. The molecule has 0 heterocycles. The van der Waals surface area contributed by atoms with Crippen LogP contribution < -0.4 is 0 Å². The molecule has 1 aliphatic carbocycles. The number of amides is 1. The summed E-state index contributed by atoms with van der Waals surface area (Å²) in [7, 11) is 1.36. The molecule has 1 amide bonds. The van der Waals surface area contributed by atoms with E-state index in [-0.39, 0.29) is 23.8 Å². The van der Waals surface area contributed by atoms with Crippen LogP contribution in [0.5, 0.6) is 0 Å². The van der Waals surface area contributed by atoms with Crippen LogP contribution in [0.3, 0.4) is 0 Å². The van der Waals surface area contributed by atoms with Crippen molar-refractivity contribution in [3.63, 3.8) is 0 Å². The molecule has 126 valence electrons. The minimum atomic E-state index is -0.368. The molecule has 0 aliphatic heterocycles. The fourth-order valence-electron chi connectivity index (χ4n) is 2.98. The van der Waals surface area contributed by atoms with Gasteiger partial charge in [-0.05, 0) is 31.0 Å². The van der Waals surface area contributed by atoms with Crippen molar-refractivity contribution in [3.8, 4) is 0 Å². The predicted molar refractivity (Wildman–Crippen MR) is 90.9 cm³/mol. The van der Waals surface area contributed by atoms with E-state index in [0.717, 1.165) is 25.7 Å². The normalized spacial score (nSPS) is 16.2. The van der Waals surface area contributed by atoms with Gasteiger partial charge in [0.2, 0.25) is 0 Å². The molecule has 1 aromatic rings.